The lowest BCUT2D eigenvalue weighted by Crippen LogP contribution is -2.39. The highest BCUT2D eigenvalue weighted by Gasteiger charge is 2.30. The van der Waals surface area contributed by atoms with Gasteiger partial charge in [-0.1, -0.05) is 6.07 Å². The van der Waals surface area contributed by atoms with E-state index in [-0.39, 0.29) is 11.9 Å². The maximum absolute atomic E-state index is 13.2. The molecule has 5 rings (SSSR count). The normalized spacial score (nSPS) is 19.4. The Morgan fingerprint density at radius 2 is 2.03 bits per heavy atom. The van der Waals surface area contributed by atoms with Crippen LogP contribution in [0.1, 0.15) is 34.6 Å². The van der Waals surface area contributed by atoms with E-state index in [2.05, 4.69) is 56.0 Å². The van der Waals surface area contributed by atoms with Gasteiger partial charge in [0.2, 0.25) is 0 Å². The molecular formula is C21H22BrN5O2. The van der Waals surface area contributed by atoms with Crippen LogP contribution in [0.4, 0.5) is 5.69 Å². The van der Waals surface area contributed by atoms with Gasteiger partial charge in [0.25, 0.3) is 5.91 Å². The van der Waals surface area contributed by atoms with Gasteiger partial charge in [-0.25, -0.2) is 9.50 Å². The van der Waals surface area contributed by atoms with E-state index < -0.39 is 0 Å². The number of amides is 1. The van der Waals surface area contributed by atoms with Crippen LogP contribution in [0.5, 0.6) is 0 Å². The van der Waals surface area contributed by atoms with Crippen molar-refractivity contribution in [3.05, 3.63) is 58.0 Å². The smallest absolute Gasteiger partial charge is 0.274 e. The fourth-order valence-corrected chi connectivity index (χ4v) is 4.52. The molecule has 2 aliphatic rings. The highest BCUT2D eigenvalue weighted by atomic mass is 79.9. The predicted molar refractivity (Wildman–Crippen MR) is 113 cm³/mol. The van der Waals surface area contributed by atoms with E-state index in [0.717, 1.165) is 37.2 Å². The number of halogens is 1. The molecule has 0 saturated carbocycles. The number of fused-ring (bicyclic) bond motifs is 2. The molecule has 1 unspecified atom stereocenters. The summed E-state index contributed by atoms with van der Waals surface area (Å²) in [5.41, 5.74) is 4.88. The van der Waals surface area contributed by atoms with Crippen LogP contribution in [0.2, 0.25) is 0 Å². The molecule has 7 nitrogen and oxygen atoms in total. The number of rotatable bonds is 2. The number of benzene rings is 1. The summed E-state index contributed by atoms with van der Waals surface area (Å²) in [6.07, 6.45) is 4.36. The third kappa shape index (κ3) is 3.40. The van der Waals surface area contributed by atoms with E-state index in [4.69, 9.17) is 4.74 Å². The first-order chi connectivity index (χ1) is 14.1. The second-order valence-corrected chi connectivity index (χ2v) is 8.43. The summed E-state index contributed by atoms with van der Waals surface area (Å²) >= 11 is 3.39. The monoisotopic (exact) mass is 455 g/mol. The second-order valence-electron chi connectivity index (χ2n) is 7.51. The Hall–Kier alpha value is -2.45. The zero-order valence-electron chi connectivity index (χ0n) is 16.2. The van der Waals surface area contributed by atoms with Crippen molar-refractivity contribution in [1.82, 2.24) is 19.5 Å². The fraction of sp³-hybridized carbons (Fsp3) is 0.381. The average Bonchev–Trinajstić information content (AvgIpc) is 3.17. The van der Waals surface area contributed by atoms with Crippen LogP contribution < -0.4 is 4.90 Å². The molecule has 29 heavy (non-hydrogen) atoms. The van der Waals surface area contributed by atoms with E-state index in [1.54, 1.807) is 23.0 Å². The quantitative estimate of drug-likeness (QED) is 0.593. The van der Waals surface area contributed by atoms with Crippen LogP contribution in [0.25, 0.3) is 5.65 Å². The first kappa shape index (κ1) is 18.6. The van der Waals surface area contributed by atoms with Gasteiger partial charge in [-0.15, -0.1) is 0 Å². The van der Waals surface area contributed by atoms with Crippen LogP contribution in [0.15, 0.2) is 41.1 Å². The summed E-state index contributed by atoms with van der Waals surface area (Å²) in [6, 6.07) is 8.38. The molecular weight excluding hydrogens is 434 g/mol. The molecule has 8 heteroatoms. The van der Waals surface area contributed by atoms with Gasteiger partial charge in [-0.2, -0.15) is 5.10 Å². The SMILES string of the molecule is CC1c2ccc(N3CCOCC3)cc2CCN1C(=O)c1cc2ncc(Br)cn2n1. The molecule has 2 aliphatic heterocycles. The van der Waals surface area contributed by atoms with Crippen LogP contribution in [0.3, 0.4) is 0 Å². The van der Waals surface area contributed by atoms with Crippen LogP contribution in [-0.4, -0.2) is 58.3 Å². The lowest BCUT2D eigenvalue weighted by molar-refractivity contribution is 0.0671. The minimum atomic E-state index is -0.0537. The van der Waals surface area contributed by atoms with Gasteiger partial charge in [-0.05, 0) is 52.5 Å². The Kier molecular flexibility index (Phi) is 4.75. The number of morpholine rings is 1. The van der Waals surface area contributed by atoms with Gasteiger partial charge < -0.3 is 14.5 Å². The number of hydrogen-bond acceptors (Lipinski definition) is 5. The maximum Gasteiger partial charge on any atom is 0.274 e. The van der Waals surface area contributed by atoms with E-state index in [1.807, 2.05) is 4.90 Å². The van der Waals surface area contributed by atoms with E-state index >= 15 is 0 Å². The molecule has 1 atom stereocenters. The zero-order valence-corrected chi connectivity index (χ0v) is 17.8. The zero-order chi connectivity index (χ0) is 20.0. The second kappa shape index (κ2) is 7.42. The first-order valence-electron chi connectivity index (χ1n) is 9.87. The van der Waals surface area contributed by atoms with Crippen LogP contribution in [0, 0.1) is 0 Å². The Morgan fingerprint density at radius 1 is 1.21 bits per heavy atom. The molecule has 0 radical (unpaired) electrons. The summed E-state index contributed by atoms with van der Waals surface area (Å²) in [5.74, 6) is -0.0537. The standard InChI is InChI=1S/C21H22BrN5O2/c1-14-18-3-2-17(25-6-8-29-9-7-25)10-15(18)4-5-26(14)21(28)19-11-20-23-12-16(22)13-27(20)24-19/h2-3,10-14H,4-9H2,1H3. The average molecular weight is 456 g/mol. The Labute approximate surface area is 177 Å². The number of aromatic nitrogens is 3. The van der Waals surface area contributed by atoms with Crippen molar-refractivity contribution in [2.24, 2.45) is 0 Å². The fourth-order valence-electron chi connectivity index (χ4n) is 4.22. The summed E-state index contributed by atoms with van der Waals surface area (Å²) in [4.78, 5) is 21.8. The summed E-state index contributed by atoms with van der Waals surface area (Å²) in [5, 5.41) is 4.43. The number of ether oxygens (including phenoxy) is 1. The number of carbonyl (C=O) groups is 1. The van der Waals surface area contributed by atoms with E-state index in [1.165, 1.54) is 16.8 Å². The molecule has 4 heterocycles. The molecule has 0 spiro atoms. The molecule has 1 saturated heterocycles. The Bertz CT molecular complexity index is 1080. The molecule has 1 aromatic carbocycles. The Morgan fingerprint density at radius 3 is 2.86 bits per heavy atom. The van der Waals surface area contributed by atoms with Crippen molar-refractivity contribution in [3.8, 4) is 0 Å². The van der Waals surface area contributed by atoms with Crippen molar-refractivity contribution in [3.63, 3.8) is 0 Å². The van der Waals surface area contributed by atoms with Gasteiger partial charge >= 0.3 is 0 Å². The van der Waals surface area contributed by atoms with Crippen molar-refractivity contribution < 1.29 is 9.53 Å². The summed E-state index contributed by atoms with van der Waals surface area (Å²) in [6.45, 7) is 6.19. The molecule has 1 fully saturated rings. The highest BCUT2D eigenvalue weighted by molar-refractivity contribution is 9.10. The molecule has 1 amide bonds. The van der Waals surface area contributed by atoms with Crippen molar-refractivity contribution in [2.75, 3.05) is 37.7 Å². The lowest BCUT2D eigenvalue weighted by Gasteiger charge is -2.36. The highest BCUT2D eigenvalue weighted by Crippen LogP contribution is 2.33. The minimum Gasteiger partial charge on any atom is -0.378 e. The topological polar surface area (TPSA) is 63.0 Å². The van der Waals surface area contributed by atoms with Gasteiger partial charge in [0.15, 0.2) is 11.3 Å². The molecule has 0 aliphatic carbocycles. The van der Waals surface area contributed by atoms with E-state index in [0.29, 0.717) is 17.9 Å². The van der Waals surface area contributed by atoms with Crippen LogP contribution >= 0.6 is 15.9 Å². The Balaban J connectivity index is 1.39. The van der Waals surface area contributed by atoms with Gasteiger partial charge in [0.05, 0.1) is 23.7 Å². The van der Waals surface area contributed by atoms with Crippen molar-refractivity contribution in [2.45, 2.75) is 19.4 Å². The van der Waals surface area contributed by atoms with Gasteiger partial charge in [0, 0.05) is 43.8 Å². The van der Waals surface area contributed by atoms with E-state index in [9.17, 15) is 4.79 Å². The first-order valence-corrected chi connectivity index (χ1v) is 10.7. The molecule has 2 aromatic heterocycles. The third-order valence-corrected chi connectivity index (χ3v) is 6.21. The molecule has 150 valence electrons. The molecule has 0 N–H and O–H groups in total. The van der Waals surface area contributed by atoms with Crippen molar-refractivity contribution in [1.29, 1.82) is 0 Å². The van der Waals surface area contributed by atoms with Crippen molar-refractivity contribution >= 4 is 33.2 Å². The minimum absolute atomic E-state index is 0.00879. The van der Waals surface area contributed by atoms with Crippen LogP contribution in [-0.2, 0) is 11.2 Å². The molecule has 0 bridgehead atoms. The summed E-state index contributed by atoms with van der Waals surface area (Å²) < 4.78 is 7.92. The number of anilines is 1. The third-order valence-electron chi connectivity index (χ3n) is 5.80. The number of carbonyl (C=O) groups excluding carboxylic acids is 1. The van der Waals surface area contributed by atoms with Gasteiger partial charge in [0.1, 0.15) is 0 Å². The largest absolute Gasteiger partial charge is 0.378 e. The molecule has 3 aromatic rings. The summed E-state index contributed by atoms with van der Waals surface area (Å²) in [7, 11) is 0. The predicted octanol–water partition coefficient (Wildman–Crippen LogP) is 3.09. The van der Waals surface area contributed by atoms with Gasteiger partial charge in [-0.3, -0.25) is 4.79 Å². The lowest BCUT2D eigenvalue weighted by atomic mass is 9.92. The maximum atomic E-state index is 13.2. The number of nitrogens with zero attached hydrogens (tertiary/aromatic N) is 5. The number of hydrogen-bond donors (Lipinski definition) is 0.